The summed E-state index contributed by atoms with van der Waals surface area (Å²) in [6.45, 7) is 0.882. The van der Waals surface area contributed by atoms with Crippen LogP contribution >= 0.6 is 11.6 Å². The summed E-state index contributed by atoms with van der Waals surface area (Å²) in [4.78, 5) is 11.9. The number of hydrogen-bond donors (Lipinski definition) is 0. The smallest absolute Gasteiger partial charge is 0.453 e. The first-order chi connectivity index (χ1) is 11.1. The molecule has 0 saturated heterocycles. The summed E-state index contributed by atoms with van der Waals surface area (Å²) in [5.74, 6) is -5.67. The van der Waals surface area contributed by atoms with Gasteiger partial charge in [-0.05, 0) is 25.1 Å². The Morgan fingerprint density at radius 1 is 1.29 bits per heavy atom. The van der Waals surface area contributed by atoms with Crippen LogP contribution < -0.4 is 0 Å². The van der Waals surface area contributed by atoms with Gasteiger partial charge in [-0.3, -0.25) is 4.68 Å². The van der Waals surface area contributed by atoms with E-state index in [1.807, 2.05) is 0 Å². The lowest BCUT2D eigenvalue weighted by molar-refractivity contribution is -0.285. The molecule has 0 aliphatic rings. The Hall–Kier alpha value is -1.90. The molecule has 24 heavy (non-hydrogen) atoms. The van der Waals surface area contributed by atoms with Crippen LogP contribution in [-0.4, -0.2) is 34.5 Å². The van der Waals surface area contributed by atoms with Gasteiger partial charge >= 0.3 is 18.1 Å². The summed E-state index contributed by atoms with van der Waals surface area (Å²) in [6.07, 6.45) is -7.17. The molecule has 0 spiro atoms. The fourth-order valence-electron chi connectivity index (χ4n) is 2.06. The number of carbonyl (C=O) groups excluding carboxylic acids is 1. The average molecular weight is 371 g/mol. The lowest BCUT2D eigenvalue weighted by atomic mass is 10.2. The van der Waals surface area contributed by atoms with Gasteiger partial charge in [0.1, 0.15) is 0 Å². The first kappa shape index (κ1) is 18.4. The molecule has 4 nitrogen and oxygen atoms in total. The predicted molar refractivity (Wildman–Crippen MR) is 76.3 cm³/mol. The molecule has 1 aromatic heterocycles. The van der Waals surface area contributed by atoms with E-state index in [9.17, 15) is 26.7 Å². The van der Waals surface area contributed by atoms with Crippen LogP contribution in [0.15, 0.2) is 18.2 Å². The van der Waals surface area contributed by atoms with E-state index in [-0.39, 0.29) is 28.2 Å². The molecule has 0 fully saturated rings. The van der Waals surface area contributed by atoms with Gasteiger partial charge in [-0.15, -0.1) is 0 Å². The zero-order valence-corrected chi connectivity index (χ0v) is 13.1. The summed E-state index contributed by atoms with van der Waals surface area (Å²) < 4.78 is 68.7. The van der Waals surface area contributed by atoms with Crippen LogP contribution in [0.1, 0.15) is 23.8 Å². The molecule has 0 amide bonds. The second kappa shape index (κ2) is 6.54. The predicted octanol–water partition coefficient (Wildman–Crippen LogP) is 4.45. The van der Waals surface area contributed by atoms with Crippen molar-refractivity contribution in [2.24, 2.45) is 0 Å². The molecule has 10 heteroatoms. The van der Waals surface area contributed by atoms with Gasteiger partial charge in [0.25, 0.3) is 0 Å². The molecule has 0 unspecified atom stereocenters. The molecule has 0 N–H and O–H groups in total. The van der Waals surface area contributed by atoms with Gasteiger partial charge in [0.15, 0.2) is 5.69 Å². The van der Waals surface area contributed by atoms with E-state index in [0.717, 1.165) is 4.68 Å². The Morgan fingerprint density at radius 3 is 2.54 bits per heavy atom. The monoisotopic (exact) mass is 370 g/mol. The number of benzene rings is 1. The van der Waals surface area contributed by atoms with E-state index in [0.29, 0.717) is 0 Å². The van der Waals surface area contributed by atoms with Crippen LogP contribution in [0.3, 0.4) is 0 Å². The fraction of sp³-hybridized carbons (Fsp3) is 0.429. The topological polar surface area (TPSA) is 44.1 Å². The Bertz CT molecular complexity index is 757. The fourth-order valence-corrected chi connectivity index (χ4v) is 2.22. The number of nitrogens with zero attached hydrogens (tertiary/aromatic N) is 2. The molecule has 0 bridgehead atoms. The van der Waals surface area contributed by atoms with E-state index in [4.69, 9.17) is 16.3 Å². The number of hydrogen-bond acceptors (Lipinski definition) is 3. The number of rotatable bonds is 5. The summed E-state index contributed by atoms with van der Waals surface area (Å²) in [6, 6.07) is 4.20. The van der Waals surface area contributed by atoms with Crippen molar-refractivity contribution in [2.75, 3.05) is 6.61 Å². The van der Waals surface area contributed by atoms with Crippen molar-refractivity contribution >= 4 is 28.5 Å². The second-order valence-electron chi connectivity index (χ2n) is 4.91. The molecule has 0 radical (unpaired) electrons. The maximum Gasteiger partial charge on any atom is 0.453 e. The Kier molecular flexibility index (Phi) is 5.03. The van der Waals surface area contributed by atoms with Crippen LogP contribution in [0.5, 0.6) is 0 Å². The number of esters is 1. The highest BCUT2D eigenvalue weighted by Crippen LogP contribution is 2.38. The lowest BCUT2D eigenvalue weighted by Crippen LogP contribution is -2.37. The molecule has 0 saturated carbocycles. The summed E-state index contributed by atoms with van der Waals surface area (Å²) in [7, 11) is 0. The molecule has 1 heterocycles. The minimum absolute atomic E-state index is 0.0624. The first-order valence-electron chi connectivity index (χ1n) is 6.84. The van der Waals surface area contributed by atoms with Gasteiger partial charge in [0, 0.05) is 23.4 Å². The summed E-state index contributed by atoms with van der Waals surface area (Å²) in [5, 5.41) is 4.30. The molecule has 2 rings (SSSR count). The normalized spacial score (nSPS) is 12.6. The van der Waals surface area contributed by atoms with Crippen molar-refractivity contribution in [1.82, 2.24) is 9.78 Å². The quantitative estimate of drug-likeness (QED) is 0.577. The third-order valence-electron chi connectivity index (χ3n) is 3.23. The highest BCUT2D eigenvalue weighted by Gasteiger charge is 2.56. The number of alkyl halides is 5. The van der Waals surface area contributed by atoms with Gasteiger partial charge in [-0.2, -0.15) is 27.1 Å². The molecule has 0 aliphatic heterocycles. The zero-order chi connectivity index (χ0) is 18.1. The molecular formula is C14H12ClF5N2O2. The van der Waals surface area contributed by atoms with Crippen molar-refractivity contribution in [3.05, 3.63) is 28.9 Å². The maximum absolute atomic E-state index is 13.1. The van der Waals surface area contributed by atoms with Crippen molar-refractivity contribution in [3.63, 3.8) is 0 Å². The number of ether oxygens (including phenoxy) is 1. The Balaban J connectivity index is 2.40. The lowest BCUT2D eigenvalue weighted by Gasteiger charge is -2.19. The van der Waals surface area contributed by atoms with Gasteiger partial charge < -0.3 is 4.74 Å². The summed E-state index contributed by atoms with van der Waals surface area (Å²) in [5.41, 5.74) is 0.00219. The molecule has 0 aliphatic carbocycles. The number of fused-ring (bicyclic) bond motifs is 1. The third kappa shape index (κ3) is 3.61. The van der Waals surface area contributed by atoms with E-state index >= 15 is 0 Å². The molecular weight excluding hydrogens is 359 g/mol. The Labute approximate surface area is 138 Å². The van der Waals surface area contributed by atoms with Crippen molar-refractivity contribution < 1.29 is 31.5 Å². The zero-order valence-electron chi connectivity index (χ0n) is 12.3. The van der Waals surface area contributed by atoms with Gasteiger partial charge in [-0.25, -0.2) is 4.79 Å². The largest absolute Gasteiger partial charge is 0.461 e. The number of aromatic nitrogens is 2. The van der Waals surface area contributed by atoms with Gasteiger partial charge in [0.05, 0.1) is 12.1 Å². The van der Waals surface area contributed by atoms with Crippen molar-refractivity contribution in [3.8, 4) is 0 Å². The Morgan fingerprint density at radius 2 is 1.96 bits per heavy atom. The van der Waals surface area contributed by atoms with Gasteiger partial charge in [-0.1, -0.05) is 11.6 Å². The highest BCUT2D eigenvalue weighted by atomic mass is 35.5. The van der Waals surface area contributed by atoms with Crippen molar-refractivity contribution in [1.29, 1.82) is 0 Å². The highest BCUT2D eigenvalue weighted by molar-refractivity contribution is 6.31. The van der Waals surface area contributed by atoms with Crippen LogP contribution in [-0.2, 0) is 11.3 Å². The van der Waals surface area contributed by atoms with Crippen LogP contribution in [0.4, 0.5) is 22.0 Å². The average Bonchev–Trinajstić information content (AvgIpc) is 2.82. The molecule has 132 valence electrons. The van der Waals surface area contributed by atoms with Gasteiger partial charge in [0.2, 0.25) is 0 Å². The molecule has 2 aromatic rings. The van der Waals surface area contributed by atoms with Crippen LogP contribution in [0.25, 0.3) is 10.9 Å². The third-order valence-corrected chi connectivity index (χ3v) is 3.47. The van der Waals surface area contributed by atoms with E-state index < -0.39 is 31.0 Å². The maximum atomic E-state index is 13.1. The van der Waals surface area contributed by atoms with Crippen molar-refractivity contribution in [2.45, 2.75) is 32.0 Å². The number of carbonyl (C=O) groups is 1. The molecule has 0 atom stereocenters. The van der Waals surface area contributed by atoms with E-state index in [1.165, 1.54) is 18.2 Å². The second-order valence-corrected chi connectivity index (χ2v) is 5.34. The number of aryl methyl sites for hydroxylation is 1. The van der Waals surface area contributed by atoms with E-state index in [2.05, 4.69) is 5.10 Å². The van der Waals surface area contributed by atoms with Crippen LogP contribution in [0, 0.1) is 0 Å². The number of halogens is 6. The summed E-state index contributed by atoms with van der Waals surface area (Å²) >= 11 is 5.82. The van der Waals surface area contributed by atoms with E-state index in [1.54, 1.807) is 6.92 Å². The van der Waals surface area contributed by atoms with Crippen LogP contribution in [0.2, 0.25) is 5.02 Å². The minimum atomic E-state index is -5.66. The first-order valence-corrected chi connectivity index (χ1v) is 7.22. The molecule has 1 aromatic carbocycles. The minimum Gasteiger partial charge on any atom is -0.461 e. The SMILES string of the molecule is CCOC(=O)c1nn(CCC(F)(F)C(F)(F)F)c2cc(Cl)ccc12. The standard InChI is InChI=1S/C14H12ClF5N2O2/c1-2-24-12(23)11-9-4-3-8(15)7-10(9)22(21-11)6-5-13(16,17)14(18,19)20/h3-4,7H,2,5-6H2,1H3.